The van der Waals surface area contributed by atoms with Crippen LogP contribution in [0.5, 0.6) is 0 Å². The zero-order chi connectivity index (χ0) is 51.8. The summed E-state index contributed by atoms with van der Waals surface area (Å²) in [7, 11) is 0. The summed E-state index contributed by atoms with van der Waals surface area (Å²) >= 11 is 0. The number of halogens is 4. The number of carbonyl (C=O) groups is 4. The normalized spacial score (nSPS) is 20.4. The van der Waals surface area contributed by atoms with E-state index in [2.05, 4.69) is 25.9 Å². The number of benzene rings is 2. The minimum absolute atomic E-state index is 0.0923. The van der Waals surface area contributed by atoms with Gasteiger partial charge in [0.05, 0.1) is 89.4 Å². The number of rotatable bonds is 29. The first-order chi connectivity index (χ1) is 36.0. The molecule has 2 saturated heterocycles. The standard InChI is InChI=1S/C54H65F4N7O9/c55-39-29-45(53(68)62-49(37-7-3-1-4-8-37)43-17-15-41(35-11-12-35)51(57)60-43)64(31-39)47(66)33-73-27-25-71-22-20-59-19-21-70-23-24-72-26-28-74-34-48(67)65-32-40(56)30-46(65)54(69)63-50(38-9-5-2-6-10-38)44-18-16-42(36-13-14-36)52(58)61-44/h1-10,15-18,35-36,39-40,45-46,49-50,59H,11-14,19-34H2,(H,62,68)(H,63,69)/t39-,40-,45+,46+,49+,50+/m1/s1. The van der Waals surface area contributed by atoms with Crippen molar-refractivity contribution in [2.75, 3.05) is 92.2 Å². The molecule has 4 heterocycles. The van der Waals surface area contributed by atoms with Crippen LogP contribution >= 0.6 is 0 Å². The molecule has 4 aliphatic rings. The Balaban J connectivity index is 0.639. The van der Waals surface area contributed by atoms with E-state index < -0.39 is 72.0 Å². The molecule has 0 bridgehead atoms. The number of likely N-dealkylation sites (tertiary alicyclic amines) is 2. The molecule has 74 heavy (non-hydrogen) atoms. The van der Waals surface area contributed by atoms with Crippen molar-refractivity contribution in [2.45, 2.75) is 86.9 Å². The molecule has 2 aromatic carbocycles. The Morgan fingerprint density at radius 1 is 0.527 bits per heavy atom. The fraction of sp³-hybridized carbons (Fsp3) is 0.519. The third kappa shape index (κ3) is 15.3. The molecular weight excluding hydrogens is 967 g/mol. The summed E-state index contributed by atoms with van der Waals surface area (Å²) in [5, 5.41) is 8.98. The Kier molecular flexibility index (Phi) is 19.9. The summed E-state index contributed by atoms with van der Waals surface area (Å²) in [5.74, 6) is -3.02. The summed E-state index contributed by atoms with van der Waals surface area (Å²) < 4.78 is 87.1. The number of nitrogens with one attached hydrogen (secondary N) is 3. The van der Waals surface area contributed by atoms with Crippen molar-refractivity contribution in [1.29, 1.82) is 0 Å². The number of carbonyl (C=O) groups excluding carboxylic acids is 4. The van der Waals surface area contributed by atoms with Crippen LogP contribution in [-0.2, 0) is 42.9 Å². The van der Waals surface area contributed by atoms with Gasteiger partial charge in [0, 0.05) is 37.1 Å². The highest BCUT2D eigenvalue weighted by Crippen LogP contribution is 2.42. The van der Waals surface area contributed by atoms with Crippen molar-refractivity contribution >= 4 is 23.6 Å². The smallest absolute Gasteiger partial charge is 0.249 e. The molecule has 4 amide bonds. The van der Waals surface area contributed by atoms with Gasteiger partial charge in [-0.05, 0) is 60.8 Å². The molecule has 3 N–H and O–H groups in total. The van der Waals surface area contributed by atoms with Crippen molar-refractivity contribution in [2.24, 2.45) is 0 Å². The zero-order valence-electron chi connectivity index (χ0n) is 41.3. The predicted octanol–water partition coefficient (Wildman–Crippen LogP) is 5.17. The van der Waals surface area contributed by atoms with Gasteiger partial charge in [-0.15, -0.1) is 0 Å². The molecule has 6 atom stereocenters. The Labute approximate surface area is 428 Å². The molecule has 2 aromatic heterocycles. The van der Waals surface area contributed by atoms with Crippen LogP contribution in [0.4, 0.5) is 17.6 Å². The van der Waals surface area contributed by atoms with E-state index in [1.54, 1.807) is 72.8 Å². The predicted molar refractivity (Wildman–Crippen MR) is 262 cm³/mol. The molecule has 2 saturated carbocycles. The second-order valence-corrected chi connectivity index (χ2v) is 19.0. The molecule has 4 aromatic rings. The Bertz CT molecular complexity index is 2310. The molecule has 2 aliphatic carbocycles. The molecule has 16 nitrogen and oxygen atoms in total. The molecule has 0 unspecified atom stereocenters. The topological polar surface area (TPSA) is 183 Å². The molecule has 398 valence electrons. The van der Waals surface area contributed by atoms with Gasteiger partial charge in [-0.1, -0.05) is 72.8 Å². The molecule has 20 heteroatoms. The van der Waals surface area contributed by atoms with E-state index in [1.165, 1.54) is 9.80 Å². The maximum absolute atomic E-state index is 15.0. The van der Waals surface area contributed by atoms with Gasteiger partial charge in [-0.2, -0.15) is 8.78 Å². The molecule has 2 aliphatic heterocycles. The van der Waals surface area contributed by atoms with Crippen molar-refractivity contribution in [3.63, 3.8) is 0 Å². The number of amides is 4. The number of ether oxygens (including phenoxy) is 5. The average molecular weight is 1030 g/mol. The van der Waals surface area contributed by atoms with E-state index in [9.17, 15) is 36.7 Å². The minimum Gasteiger partial charge on any atom is -0.378 e. The lowest BCUT2D eigenvalue weighted by Gasteiger charge is -2.26. The summed E-state index contributed by atoms with van der Waals surface area (Å²) in [6.07, 6.45) is 0.508. The van der Waals surface area contributed by atoms with Crippen LogP contribution in [0, 0.1) is 11.9 Å². The molecule has 0 radical (unpaired) electrons. The van der Waals surface area contributed by atoms with Crippen molar-refractivity contribution in [1.82, 2.24) is 35.7 Å². The molecule has 0 spiro atoms. The van der Waals surface area contributed by atoms with Crippen molar-refractivity contribution in [3.05, 3.63) is 130 Å². The summed E-state index contributed by atoms with van der Waals surface area (Å²) in [4.78, 5) is 64.2. The zero-order valence-corrected chi connectivity index (χ0v) is 41.3. The number of hydrogen-bond donors (Lipinski definition) is 3. The van der Waals surface area contributed by atoms with Crippen LogP contribution in [0.3, 0.4) is 0 Å². The maximum Gasteiger partial charge on any atom is 0.249 e. The van der Waals surface area contributed by atoms with Crippen LogP contribution < -0.4 is 16.0 Å². The molecule has 8 rings (SSSR count). The number of hydrogen-bond acceptors (Lipinski definition) is 12. The minimum atomic E-state index is -1.40. The molecular formula is C54H65F4N7O9. The average Bonchev–Trinajstić information content (AvgIpc) is 4.35. The highest BCUT2D eigenvalue weighted by atomic mass is 19.1. The van der Waals surface area contributed by atoms with Gasteiger partial charge < -0.3 is 49.4 Å². The van der Waals surface area contributed by atoms with Crippen LogP contribution in [-0.4, -0.2) is 160 Å². The van der Waals surface area contributed by atoms with Gasteiger partial charge in [0.2, 0.25) is 35.5 Å². The van der Waals surface area contributed by atoms with E-state index in [-0.39, 0.29) is 84.0 Å². The van der Waals surface area contributed by atoms with Gasteiger partial charge in [-0.3, -0.25) is 19.2 Å². The third-order valence-electron chi connectivity index (χ3n) is 13.4. The van der Waals surface area contributed by atoms with Gasteiger partial charge in [0.1, 0.15) is 37.6 Å². The highest BCUT2D eigenvalue weighted by molar-refractivity contribution is 5.90. The molecule has 4 fully saturated rings. The Hall–Kier alpha value is -5.90. The first kappa shape index (κ1) is 54.4. The van der Waals surface area contributed by atoms with Gasteiger partial charge in [-0.25, -0.2) is 18.7 Å². The number of nitrogens with zero attached hydrogens (tertiary/aromatic N) is 4. The number of alkyl halides is 2. The fourth-order valence-corrected chi connectivity index (χ4v) is 9.24. The largest absolute Gasteiger partial charge is 0.378 e. The van der Waals surface area contributed by atoms with E-state index in [1.807, 2.05) is 12.1 Å². The SMILES string of the molecule is O=C(N[C@@H](c1ccccc1)c1ccc(C2CC2)c(F)n1)[C@@H]1C[C@@H](F)CN1C(=O)COCCOCCNCCOCCOCCOCC(=O)N1C[C@H](F)C[C@H]1C(=O)N[C@@H](c1ccccc1)c1ccc(C2CC2)c(F)n1. The van der Waals surface area contributed by atoms with E-state index in [0.29, 0.717) is 66.6 Å². The van der Waals surface area contributed by atoms with E-state index in [0.717, 1.165) is 25.7 Å². The fourth-order valence-electron chi connectivity index (χ4n) is 9.24. The quantitative estimate of drug-likeness (QED) is 0.0369. The number of aromatic nitrogens is 2. The van der Waals surface area contributed by atoms with E-state index in [4.69, 9.17) is 23.7 Å². The van der Waals surface area contributed by atoms with Crippen molar-refractivity contribution in [3.8, 4) is 0 Å². The third-order valence-corrected chi connectivity index (χ3v) is 13.4. The second kappa shape index (κ2) is 27.1. The van der Waals surface area contributed by atoms with Gasteiger partial charge in [0.25, 0.3) is 0 Å². The van der Waals surface area contributed by atoms with Gasteiger partial charge in [0.15, 0.2) is 0 Å². The lowest BCUT2D eigenvalue weighted by molar-refractivity contribution is -0.142. The first-order valence-electron chi connectivity index (χ1n) is 25.5. The van der Waals surface area contributed by atoms with E-state index >= 15 is 0 Å². The summed E-state index contributed by atoms with van der Waals surface area (Å²) in [5.41, 5.74) is 3.06. The van der Waals surface area contributed by atoms with Crippen LogP contribution in [0.25, 0.3) is 0 Å². The van der Waals surface area contributed by atoms with Crippen LogP contribution in [0.1, 0.15) is 96.1 Å². The van der Waals surface area contributed by atoms with Crippen molar-refractivity contribution < 1.29 is 60.4 Å². The monoisotopic (exact) mass is 1030 g/mol. The lowest BCUT2D eigenvalue weighted by Crippen LogP contribution is -2.48. The Morgan fingerprint density at radius 2 is 0.905 bits per heavy atom. The summed E-state index contributed by atoms with van der Waals surface area (Å²) in [6.45, 7) is 1.86. The lowest BCUT2D eigenvalue weighted by atomic mass is 10.0. The van der Waals surface area contributed by atoms with Crippen LogP contribution in [0.2, 0.25) is 0 Å². The van der Waals surface area contributed by atoms with Gasteiger partial charge >= 0.3 is 0 Å². The Morgan fingerprint density at radius 3 is 1.28 bits per heavy atom. The second-order valence-electron chi connectivity index (χ2n) is 19.0. The van der Waals surface area contributed by atoms with Crippen LogP contribution in [0.15, 0.2) is 84.9 Å². The highest BCUT2D eigenvalue weighted by Gasteiger charge is 2.42. The maximum atomic E-state index is 15.0. The first-order valence-corrected chi connectivity index (χ1v) is 25.5. The summed E-state index contributed by atoms with van der Waals surface area (Å²) in [6, 6.07) is 21.0. The number of pyridine rings is 2.